The topological polar surface area (TPSA) is 15.3 Å². The molecule has 2 heteroatoms. The maximum atomic E-state index is 3.53. The van der Waals surface area contributed by atoms with Crippen molar-refractivity contribution in [1.82, 2.24) is 10.2 Å². The fourth-order valence-corrected chi connectivity index (χ4v) is 3.57. The number of nitrogens with zero attached hydrogens (tertiary/aromatic N) is 1. The highest BCUT2D eigenvalue weighted by atomic mass is 15.2. The lowest BCUT2D eigenvalue weighted by Crippen LogP contribution is -2.28. The molecule has 0 aromatic heterocycles. The number of hydrogen-bond donors (Lipinski definition) is 1. The Bertz CT molecular complexity index is 415. The van der Waals surface area contributed by atoms with Crippen LogP contribution in [-0.2, 0) is 6.54 Å². The first-order chi connectivity index (χ1) is 9.17. The van der Waals surface area contributed by atoms with E-state index in [9.17, 15) is 0 Å². The first kappa shape index (κ1) is 13.1. The summed E-state index contributed by atoms with van der Waals surface area (Å²) in [7, 11) is 0. The molecule has 1 spiro atoms. The smallest absolute Gasteiger partial charge is 0.0233 e. The van der Waals surface area contributed by atoms with Gasteiger partial charge in [0, 0.05) is 19.6 Å². The quantitative estimate of drug-likeness (QED) is 0.896. The molecule has 1 N–H and O–H groups in total. The molecule has 3 rings (SSSR count). The second kappa shape index (κ2) is 5.26. The molecular formula is C17H26N2. The van der Waals surface area contributed by atoms with Gasteiger partial charge in [-0.2, -0.15) is 0 Å². The van der Waals surface area contributed by atoms with E-state index < -0.39 is 0 Å². The summed E-state index contributed by atoms with van der Waals surface area (Å²) in [6.45, 7) is 10.6. The van der Waals surface area contributed by atoms with E-state index in [0.29, 0.717) is 11.3 Å². The Morgan fingerprint density at radius 1 is 1.21 bits per heavy atom. The predicted molar refractivity (Wildman–Crippen MR) is 80.3 cm³/mol. The third-order valence-corrected chi connectivity index (χ3v) is 4.90. The second-order valence-electron chi connectivity index (χ2n) is 6.78. The molecule has 1 atom stereocenters. The largest absolute Gasteiger partial charge is 0.316 e. The van der Waals surface area contributed by atoms with Crippen molar-refractivity contribution in [2.24, 2.45) is 5.41 Å². The van der Waals surface area contributed by atoms with Crippen molar-refractivity contribution in [2.45, 2.75) is 39.2 Å². The normalized spacial score (nSPS) is 27.7. The van der Waals surface area contributed by atoms with E-state index >= 15 is 0 Å². The number of benzene rings is 1. The minimum absolute atomic E-state index is 0.595. The van der Waals surface area contributed by atoms with Crippen molar-refractivity contribution in [3.63, 3.8) is 0 Å². The number of rotatable bonds is 3. The Hall–Kier alpha value is -0.860. The summed E-state index contributed by atoms with van der Waals surface area (Å²) in [5.74, 6) is 0.633. The molecule has 1 aromatic carbocycles. The standard InChI is InChI=1S/C17H26N2/c1-14(2)16-5-3-15(4-6-16)11-19-10-8-17(13-19)7-9-18-12-17/h3-6,14,18H,7-13H2,1-2H3. The zero-order valence-electron chi connectivity index (χ0n) is 12.3. The number of hydrogen-bond acceptors (Lipinski definition) is 2. The minimum Gasteiger partial charge on any atom is -0.316 e. The van der Waals surface area contributed by atoms with Gasteiger partial charge in [0.25, 0.3) is 0 Å². The Morgan fingerprint density at radius 3 is 2.63 bits per heavy atom. The molecule has 2 aliphatic heterocycles. The molecular weight excluding hydrogens is 232 g/mol. The fraction of sp³-hybridized carbons (Fsp3) is 0.647. The average molecular weight is 258 g/mol. The summed E-state index contributed by atoms with van der Waals surface area (Å²) in [4.78, 5) is 2.64. The molecule has 0 radical (unpaired) electrons. The zero-order chi connectivity index (χ0) is 13.3. The van der Waals surface area contributed by atoms with Gasteiger partial charge >= 0.3 is 0 Å². The minimum atomic E-state index is 0.595. The summed E-state index contributed by atoms with van der Waals surface area (Å²) in [5.41, 5.74) is 3.51. The van der Waals surface area contributed by atoms with Crippen LogP contribution < -0.4 is 5.32 Å². The van der Waals surface area contributed by atoms with Crippen LogP contribution in [0.3, 0.4) is 0 Å². The van der Waals surface area contributed by atoms with Crippen LogP contribution in [0.5, 0.6) is 0 Å². The highest BCUT2D eigenvalue weighted by Gasteiger charge is 2.39. The van der Waals surface area contributed by atoms with Gasteiger partial charge in [-0.3, -0.25) is 4.90 Å². The molecule has 2 aliphatic rings. The van der Waals surface area contributed by atoms with E-state index in [1.165, 1.54) is 50.1 Å². The number of nitrogens with one attached hydrogen (secondary N) is 1. The third-order valence-electron chi connectivity index (χ3n) is 4.90. The Balaban J connectivity index is 1.60. The molecule has 104 valence electrons. The van der Waals surface area contributed by atoms with Crippen LogP contribution in [0.25, 0.3) is 0 Å². The molecule has 0 aliphatic carbocycles. The van der Waals surface area contributed by atoms with E-state index in [1.807, 2.05) is 0 Å². The lowest BCUT2D eigenvalue weighted by Gasteiger charge is -2.23. The van der Waals surface area contributed by atoms with Crippen LogP contribution in [-0.4, -0.2) is 31.1 Å². The third kappa shape index (κ3) is 2.85. The maximum Gasteiger partial charge on any atom is 0.0233 e. The SMILES string of the molecule is CC(C)c1ccc(CN2CCC3(CCNC3)C2)cc1. The average Bonchev–Trinajstić information content (AvgIpc) is 3.01. The molecule has 2 nitrogen and oxygen atoms in total. The Kier molecular flexibility index (Phi) is 3.64. The van der Waals surface area contributed by atoms with E-state index in [4.69, 9.17) is 0 Å². The van der Waals surface area contributed by atoms with E-state index in [2.05, 4.69) is 48.3 Å². The summed E-state index contributed by atoms with van der Waals surface area (Å²) < 4.78 is 0. The highest BCUT2D eigenvalue weighted by Crippen LogP contribution is 2.36. The van der Waals surface area contributed by atoms with Crippen LogP contribution in [0.4, 0.5) is 0 Å². The van der Waals surface area contributed by atoms with E-state index in [1.54, 1.807) is 0 Å². The molecule has 2 fully saturated rings. The molecule has 2 saturated heterocycles. The van der Waals surface area contributed by atoms with Crippen molar-refractivity contribution >= 4 is 0 Å². The molecule has 2 heterocycles. The van der Waals surface area contributed by atoms with Gasteiger partial charge in [-0.05, 0) is 48.4 Å². The highest BCUT2D eigenvalue weighted by molar-refractivity contribution is 5.24. The van der Waals surface area contributed by atoms with Crippen molar-refractivity contribution in [3.8, 4) is 0 Å². The summed E-state index contributed by atoms with van der Waals surface area (Å²) in [6, 6.07) is 9.21. The Morgan fingerprint density at radius 2 is 2.00 bits per heavy atom. The molecule has 0 amide bonds. The zero-order valence-corrected chi connectivity index (χ0v) is 12.3. The van der Waals surface area contributed by atoms with Gasteiger partial charge in [-0.1, -0.05) is 38.1 Å². The maximum absolute atomic E-state index is 3.53. The molecule has 19 heavy (non-hydrogen) atoms. The monoisotopic (exact) mass is 258 g/mol. The molecule has 1 unspecified atom stereocenters. The summed E-state index contributed by atoms with van der Waals surface area (Å²) >= 11 is 0. The van der Waals surface area contributed by atoms with Crippen LogP contribution in [0.2, 0.25) is 0 Å². The van der Waals surface area contributed by atoms with Gasteiger partial charge < -0.3 is 5.32 Å². The van der Waals surface area contributed by atoms with Gasteiger partial charge in [0.05, 0.1) is 0 Å². The van der Waals surface area contributed by atoms with Crippen molar-refractivity contribution in [2.75, 3.05) is 26.2 Å². The summed E-state index contributed by atoms with van der Waals surface area (Å²) in [5, 5.41) is 3.53. The molecule has 0 saturated carbocycles. The number of likely N-dealkylation sites (tertiary alicyclic amines) is 1. The van der Waals surface area contributed by atoms with Crippen LogP contribution in [0, 0.1) is 5.41 Å². The summed E-state index contributed by atoms with van der Waals surface area (Å²) in [6.07, 6.45) is 2.75. The first-order valence-electron chi connectivity index (χ1n) is 7.69. The van der Waals surface area contributed by atoms with Gasteiger partial charge in [0.15, 0.2) is 0 Å². The second-order valence-corrected chi connectivity index (χ2v) is 6.78. The lowest BCUT2D eigenvalue weighted by molar-refractivity contribution is 0.268. The van der Waals surface area contributed by atoms with Gasteiger partial charge in [0.1, 0.15) is 0 Å². The van der Waals surface area contributed by atoms with Crippen LogP contribution in [0.1, 0.15) is 43.7 Å². The van der Waals surface area contributed by atoms with Gasteiger partial charge in [-0.15, -0.1) is 0 Å². The lowest BCUT2D eigenvalue weighted by atomic mass is 9.86. The van der Waals surface area contributed by atoms with Gasteiger partial charge in [-0.25, -0.2) is 0 Å². The van der Waals surface area contributed by atoms with Crippen LogP contribution in [0.15, 0.2) is 24.3 Å². The van der Waals surface area contributed by atoms with Crippen molar-refractivity contribution in [1.29, 1.82) is 0 Å². The van der Waals surface area contributed by atoms with Crippen LogP contribution >= 0.6 is 0 Å². The van der Waals surface area contributed by atoms with Crippen molar-refractivity contribution < 1.29 is 0 Å². The van der Waals surface area contributed by atoms with E-state index in [0.717, 1.165) is 6.54 Å². The Labute approximate surface area is 117 Å². The predicted octanol–water partition coefficient (Wildman–Crippen LogP) is 3.00. The first-order valence-corrected chi connectivity index (χ1v) is 7.69. The van der Waals surface area contributed by atoms with Gasteiger partial charge in [0.2, 0.25) is 0 Å². The molecule has 0 bridgehead atoms. The van der Waals surface area contributed by atoms with Crippen molar-refractivity contribution in [3.05, 3.63) is 35.4 Å². The van der Waals surface area contributed by atoms with E-state index in [-0.39, 0.29) is 0 Å². The molecule has 1 aromatic rings. The fourth-order valence-electron chi connectivity index (χ4n) is 3.57.